The number of hydrogen-bond acceptors (Lipinski definition) is 9. The Bertz CT molecular complexity index is 1220. The van der Waals surface area contributed by atoms with Gasteiger partial charge in [0.1, 0.15) is 35.4 Å². The topological polar surface area (TPSA) is 146 Å². The molecular weight excluding hydrogens is 488 g/mol. The average Bonchev–Trinajstić information content (AvgIpc) is 3.06. The molecule has 33 heavy (non-hydrogen) atoms. The first-order valence-electron chi connectivity index (χ1n) is 11.0. The molecule has 4 atom stereocenters. The monoisotopic (exact) mass is 512 g/mol. The minimum atomic E-state index is -0.956. The number of aliphatic hydroxyl groups is 2. The predicted molar refractivity (Wildman–Crippen MR) is 129 cm³/mol. The molecular formula is C23H25BrN6O3. The molecule has 5 rings (SSSR count). The van der Waals surface area contributed by atoms with Gasteiger partial charge < -0.3 is 26.6 Å². The largest absolute Gasteiger partial charge is 0.390 e. The third-order valence-corrected chi connectivity index (χ3v) is 7.20. The van der Waals surface area contributed by atoms with E-state index >= 15 is 0 Å². The average molecular weight is 513 g/mol. The maximum absolute atomic E-state index is 12.4. The summed E-state index contributed by atoms with van der Waals surface area (Å²) >= 11 is 3.40. The van der Waals surface area contributed by atoms with Gasteiger partial charge in [0.25, 0.3) is 0 Å². The molecule has 9 nitrogen and oxygen atoms in total. The number of pyridine rings is 1. The number of nitrogen functional groups attached to an aromatic ring is 1. The number of hydrogen-bond donors (Lipinski definition) is 5. The molecule has 1 saturated carbocycles. The van der Waals surface area contributed by atoms with Gasteiger partial charge in [0, 0.05) is 18.4 Å². The van der Waals surface area contributed by atoms with Crippen LogP contribution < -0.4 is 16.4 Å². The van der Waals surface area contributed by atoms with Gasteiger partial charge in [0.05, 0.1) is 22.1 Å². The summed E-state index contributed by atoms with van der Waals surface area (Å²) in [5.74, 6) is 1.23. The number of Topliss-reactive ketones (excluding diaryl/α,β-unsaturated/α-hetero) is 1. The summed E-state index contributed by atoms with van der Waals surface area (Å²) < 4.78 is 0.770. The van der Waals surface area contributed by atoms with Gasteiger partial charge in [0.2, 0.25) is 0 Å². The lowest BCUT2D eigenvalue weighted by molar-refractivity contribution is 0.0158. The number of aliphatic hydroxyl groups excluding tert-OH is 2. The maximum Gasteiger partial charge on any atom is 0.172 e. The molecule has 1 aliphatic carbocycles. The van der Waals surface area contributed by atoms with Gasteiger partial charge in [-0.2, -0.15) is 0 Å². The number of nitrogens with one attached hydrogen (secondary N) is 2. The molecule has 3 heterocycles. The summed E-state index contributed by atoms with van der Waals surface area (Å²) in [6.07, 6.45) is 1.95. The second-order valence-corrected chi connectivity index (χ2v) is 9.55. The highest BCUT2D eigenvalue weighted by Gasteiger charge is 2.41. The zero-order chi connectivity index (χ0) is 23.1. The third-order valence-electron chi connectivity index (χ3n) is 6.56. The van der Waals surface area contributed by atoms with Crippen LogP contribution >= 0.6 is 15.9 Å². The lowest BCUT2D eigenvalue weighted by Crippen LogP contribution is -2.36. The second kappa shape index (κ2) is 8.85. The van der Waals surface area contributed by atoms with Crippen LogP contribution in [0.15, 0.2) is 35.1 Å². The van der Waals surface area contributed by atoms with Crippen LogP contribution in [0.25, 0.3) is 10.9 Å². The number of benzene rings is 1. The number of fused-ring (bicyclic) bond motifs is 2. The Balaban J connectivity index is 1.28. The Morgan fingerprint density at radius 2 is 2.06 bits per heavy atom. The fourth-order valence-corrected chi connectivity index (χ4v) is 5.09. The summed E-state index contributed by atoms with van der Waals surface area (Å²) in [7, 11) is 0. The Hall–Kier alpha value is -2.82. The highest BCUT2D eigenvalue weighted by molar-refractivity contribution is 9.10. The zero-order valence-corrected chi connectivity index (χ0v) is 19.4. The lowest BCUT2D eigenvalue weighted by atomic mass is 9.95. The van der Waals surface area contributed by atoms with Crippen molar-refractivity contribution in [2.45, 2.75) is 43.9 Å². The Labute approximate surface area is 199 Å². The molecule has 6 N–H and O–H groups in total. The van der Waals surface area contributed by atoms with E-state index in [0.29, 0.717) is 48.8 Å². The molecule has 0 unspecified atom stereocenters. The van der Waals surface area contributed by atoms with E-state index in [1.165, 1.54) is 6.33 Å². The smallest absolute Gasteiger partial charge is 0.172 e. The normalized spacial score (nSPS) is 24.5. The molecule has 3 aromatic rings. The number of ketones is 1. The van der Waals surface area contributed by atoms with Crippen LogP contribution in [0.3, 0.4) is 0 Å². The number of nitrogens with two attached hydrogens (primary N) is 1. The second-order valence-electron chi connectivity index (χ2n) is 8.69. The van der Waals surface area contributed by atoms with Crippen molar-refractivity contribution in [2.24, 2.45) is 5.92 Å². The van der Waals surface area contributed by atoms with Crippen LogP contribution in [0.1, 0.15) is 35.2 Å². The summed E-state index contributed by atoms with van der Waals surface area (Å²) in [5.41, 5.74) is 8.25. The molecule has 0 spiro atoms. The van der Waals surface area contributed by atoms with Crippen LogP contribution in [0.4, 0.5) is 17.5 Å². The zero-order valence-electron chi connectivity index (χ0n) is 17.8. The van der Waals surface area contributed by atoms with E-state index in [2.05, 4.69) is 41.5 Å². The van der Waals surface area contributed by atoms with E-state index in [4.69, 9.17) is 5.73 Å². The molecule has 1 aromatic carbocycles. The van der Waals surface area contributed by atoms with Crippen molar-refractivity contribution < 1.29 is 15.0 Å². The fourth-order valence-electron chi connectivity index (χ4n) is 4.75. The molecule has 1 fully saturated rings. The minimum absolute atomic E-state index is 0.0333. The molecule has 1 aliphatic heterocycles. The van der Waals surface area contributed by atoms with Crippen molar-refractivity contribution in [3.05, 3.63) is 46.2 Å². The summed E-state index contributed by atoms with van der Waals surface area (Å²) in [6, 6.07) is 7.61. The Kier molecular flexibility index (Phi) is 5.90. The Morgan fingerprint density at radius 1 is 1.21 bits per heavy atom. The van der Waals surface area contributed by atoms with Crippen LogP contribution in [-0.4, -0.2) is 55.7 Å². The molecule has 2 aromatic heterocycles. The quantitative estimate of drug-likeness (QED) is 0.347. The highest BCUT2D eigenvalue weighted by Crippen LogP contribution is 2.34. The summed E-state index contributed by atoms with van der Waals surface area (Å²) in [4.78, 5) is 25.2. The van der Waals surface area contributed by atoms with Crippen molar-refractivity contribution in [3.63, 3.8) is 0 Å². The van der Waals surface area contributed by atoms with Gasteiger partial charge in [-0.1, -0.05) is 12.1 Å². The standard InChI is InChI=1S/C23H25BrN6O3/c24-14-8-12-3-1-11(7-15(12)29-21(14)25)2-4-13-9-16(20(33)19(13)32)30-23-18-17(31)5-6-26-22(18)27-10-28-23/h1,3,7-8,10,13,16,19-20,32-33H,2,4-6,9H2,(H2,25,29)(H2,26,27,28,30)/t13-,16+,19+,20-/m0/s1. The number of aromatic nitrogens is 3. The van der Waals surface area contributed by atoms with E-state index in [1.807, 2.05) is 24.3 Å². The van der Waals surface area contributed by atoms with Crippen molar-refractivity contribution in [1.82, 2.24) is 15.0 Å². The van der Waals surface area contributed by atoms with Crippen LogP contribution in [0.2, 0.25) is 0 Å². The van der Waals surface area contributed by atoms with Gasteiger partial charge in [-0.25, -0.2) is 15.0 Å². The lowest BCUT2D eigenvalue weighted by Gasteiger charge is -2.22. The van der Waals surface area contributed by atoms with E-state index < -0.39 is 18.2 Å². The number of anilines is 3. The molecule has 0 saturated heterocycles. The van der Waals surface area contributed by atoms with Crippen molar-refractivity contribution >= 4 is 50.1 Å². The highest BCUT2D eigenvalue weighted by atomic mass is 79.9. The molecule has 10 heteroatoms. The summed E-state index contributed by atoms with van der Waals surface area (Å²) in [6.45, 7) is 0.545. The number of nitrogens with zero attached hydrogens (tertiary/aromatic N) is 3. The van der Waals surface area contributed by atoms with Gasteiger partial charge in [-0.3, -0.25) is 4.79 Å². The van der Waals surface area contributed by atoms with Crippen molar-refractivity contribution in [2.75, 3.05) is 22.9 Å². The number of carbonyl (C=O) groups excluding carboxylic acids is 1. The van der Waals surface area contributed by atoms with Crippen LogP contribution in [0, 0.1) is 5.92 Å². The van der Waals surface area contributed by atoms with E-state index in [1.54, 1.807) is 0 Å². The Morgan fingerprint density at radius 3 is 2.91 bits per heavy atom. The maximum atomic E-state index is 12.4. The first kappa shape index (κ1) is 22.0. The molecule has 2 aliphatic rings. The molecule has 0 amide bonds. The third kappa shape index (κ3) is 4.25. The van der Waals surface area contributed by atoms with E-state index in [9.17, 15) is 15.0 Å². The first-order chi connectivity index (χ1) is 15.9. The number of aryl methyl sites for hydroxylation is 1. The molecule has 0 bridgehead atoms. The van der Waals surface area contributed by atoms with Crippen LogP contribution in [0.5, 0.6) is 0 Å². The van der Waals surface area contributed by atoms with Crippen molar-refractivity contribution in [1.29, 1.82) is 0 Å². The van der Waals surface area contributed by atoms with Gasteiger partial charge in [-0.05, 0) is 58.8 Å². The van der Waals surface area contributed by atoms with Crippen LogP contribution in [-0.2, 0) is 6.42 Å². The van der Waals surface area contributed by atoms with Gasteiger partial charge in [-0.15, -0.1) is 0 Å². The van der Waals surface area contributed by atoms with E-state index in [0.717, 1.165) is 27.4 Å². The van der Waals surface area contributed by atoms with Gasteiger partial charge >= 0.3 is 0 Å². The number of rotatable bonds is 5. The fraction of sp³-hybridized carbons (Fsp3) is 0.391. The molecule has 172 valence electrons. The molecule has 0 radical (unpaired) electrons. The summed E-state index contributed by atoms with van der Waals surface area (Å²) in [5, 5.41) is 28.6. The van der Waals surface area contributed by atoms with Gasteiger partial charge in [0.15, 0.2) is 5.78 Å². The SMILES string of the molecule is Nc1nc2cc(CC[C@H]3C[C@@H](Nc4ncnc5c4C(=O)CCN5)[C@H](O)[C@@H]3O)ccc2cc1Br. The van der Waals surface area contributed by atoms with Crippen molar-refractivity contribution in [3.8, 4) is 0 Å². The van der Waals surface area contributed by atoms with E-state index in [-0.39, 0.29) is 11.7 Å². The number of halogens is 1. The number of carbonyl (C=O) groups is 1. The minimum Gasteiger partial charge on any atom is -0.390 e. The first-order valence-corrected chi connectivity index (χ1v) is 11.8. The predicted octanol–water partition coefficient (Wildman–Crippen LogP) is 2.52.